The summed E-state index contributed by atoms with van der Waals surface area (Å²) in [5, 5.41) is 11.8. The molecule has 2 aliphatic heterocycles. The lowest BCUT2D eigenvalue weighted by atomic mass is 10.2. The van der Waals surface area contributed by atoms with E-state index in [1.165, 1.54) is 10.5 Å². The second-order valence-electron chi connectivity index (χ2n) is 8.40. The molecule has 2 fully saturated rings. The first kappa shape index (κ1) is 21.3. The van der Waals surface area contributed by atoms with Crippen molar-refractivity contribution in [2.24, 2.45) is 0 Å². The zero-order valence-corrected chi connectivity index (χ0v) is 18.0. The van der Waals surface area contributed by atoms with Gasteiger partial charge in [-0.1, -0.05) is 30.3 Å². The second-order valence-corrected chi connectivity index (χ2v) is 8.40. The molecule has 0 aliphatic carbocycles. The SMILES string of the molecule is C[C@H]1CN(c2nc(N)c([N+](=O)[O-])c(N3CC[NH+](Cc4ccccc4)CC3)n2)C[C@H](C)O1. The third-order valence-corrected chi connectivity index (χ3v) is 5.83. The molecule has 10 nitrogen and oxygen atoms in total. The maximum atomic E-state index is 11.8. The third-order valence-electron chi connectivity index (χ3n) is 5.83. The Labute approximate surface area is 181 Å². The molecule has 3 N–H and O–H groups in total. The van der Waals surface area contributed by atoms with Crippen LogP contribution in [0.2, 0.25) is 0 Å². The first-order chi connectivity index (χ1) is 14.9. The largest absolute Gasteiger partial charge is 0.378 e. The van der Waals surface area contributed by atoms with Gasteiger partial charge in [0, 0.05) is 18.7 Å². The molecule has 1 aromatic carbocycles. The molecule has 0 bridgehead atoms. The summed E-state index contributed by atoms with van der Waals surface area (Å²) >= 11 is 0. The molecule has 0 radical (unpaired) electrons. The minimum atomic E-state index is -0.470. The molecule has 0 saturated carbocycles. The quantitative estimate of drug-likeness (QED) is 0.522. The summed E-state index contributed by atoms with van der Waals surface area (Å²) in [4.78, 5) is 25.6. The standard InChI is InChI=1S/C21H29N7O3/c1-15-12-27(13-16(2)31-15)21-23-19(22)18(28(29)30)20(24-21)26-10-8-25(9-11-26)14-17-6-4-3-5-7-17/h3-7,15-16H,8-14H2,1-2H3,(H2,22,23,24)/p+1/t15-,16-/m0/s1. The van der Waals surface area contributed by atoms with Gasteiger partial charge in [0.2, 0.25) is 17.6 Å². The first-order valence-corrected chi connectivity index (χ1v) is 10.8. The van der Waals surface area contributed by atoms with E-state index in [0.717, 1.165) is 19.6 Å². The number of nitro groups is 1. The van der Waals surface area contributed by atoms with Crippen LogP contribution in [-0.2, 0) is 11.3 Å². The van der Waals surface area contributed by atoms with Gasteiger partial charge in [-0.2, -0.15) is 9.97 Å². The topological polar surface area (TPSA) is 115 Å². The highest BCUT2D eigenvalue weighted by atomic mass is 16.6. The summed E-state index contributed by atoms with van der Waals surface area (Å²) in [7, 11) is 0. The Kier molecular flexibility index (Phi) is 6.19. The van der Waals surface area contributed by atoms with Crippen molar-refractivity contribution in [3.05, 3.63) is 46.0 Å². The fourth-order valence-electron chi connectivity index (χ4n) is 4.42. The number of quaternary nitrogens is 1. The van der Waals surface area contributed by atoms with E-state index in [4.69, 9.17) is 10.5 Å². The highest BCUT2D eigenvalue weighted by Gasteiger charge is 2.33. The van der Waals surface area contributed by atoms with E-state index in [0.29, 0.717) is 37.9 Å². The molecule has 0 amide bonds. The Morgan fingerprint density at radius 2 is 1.77 bits per heavy atom. The van der Waals surface area contributed by atoms with Crippen LogP contribution in [-0.4, -0.2) is 66.4 Å². The number of piperazine rings is 1. The Bertz CT molecular complexity index is 909. The van der Waals surface area contributed by atoms with Crippen LogP contribution < -0.4 is 20.4 Å². The number of morpholine rings is 1. The van der Waals surface area contributed by atoms with Crippen molar-refractivity contribution < 1.29 is 14.6 Å². The fraction of sp³-hybridized carbons (Fsp3) is 0.524. The summed E-state index contributed by atoms with van der Waals surface area (Å²) in [5.41, 5.74) is 7.14. The van der Waals surface area contributed by atoms with Gasteiger partial charge in [0.05, 0.1) is 43.3 Å². The van der Waals surface area contributed by atoms with Crippen LogP contribution in [0, 0.1) is 10.1 Å². The average molecular weight is 429 g/mol. The molecule has 4 rings (SSSR count). The Hall–Kier alpha value is -2.98. The second kappa shape index (κ2) is 9.03. The van der Waals surface area contributed by atoms with Gasteiger partial charge in [-0.15, -0.1) is 0 Å². The number of hydrogen-bond donors (Lipinski definition) is 2. The summed E-state index contributed by atoms with van der Waals surface area (Å²) in [6, 6.07) is 10.4. The number of ether oxygens (including phenoxy) is 1. The molecule has 10 heteroatoms. The lowest BCUT2D eigenvalue weighted by Gasteiger charge is -2.36. The number of rotatable bonds is 5. The maximum absolute atomic E-state index is 11.8. The minimum Gasteiger partial charge on any atom is -0.378 e. The van der Waals surface area contributed by atoms with Crippen LogP contribution in [0.5, 0.6) is 0 Å². The van der Waals surface area contributed by atoms with E-state index in [1.54, 1.807) is 0 Å². The minimum absolute atomic E-state index is 0.0253. The number of nitrogens with one attached hydrogen (secondary N) is 1. The molecule has 0 spiro atoms. The predicted molar refractivity (Wildman–Crippen MR) is 118 cm³/mol. The summed E-state index contributed by atoms with van der Waals surface area (Å²) < 4.78 is 5.79. The van der Waals surface area contributed by atoms with E-state index in [2.05, 4.69) is 22.1 Å². The first-order valence-electron chi connectivity index (χ1n) is 10.8. The lowest BCUT2D eigenvalue weighted by Crippen LogP contribution is -3.13. The molecular weight excluding hydrogens is 398 g/mol. The van der Waals surface area contributed by atoms with Crippen LogP contribution in [0.1, 0.15) is 19.4 Å². The van der Waals surface area contributed by atoms with Crippen molar-refractivity contribution in [1.82, 2.24) is 9.97 Å². The van der Waals surface area contributed by atoms with Gasteiger partial charge in [-0.05, 0) is 13.8 Å². The Morgan fingerprint density at radius 3 is 2.39 bits per heavy atom. The fourth-order valence-corrected chi connectivity index (χ4v) is 4.42. The van der Waals surface area contributed by atoms with Gasteiger partial charge in [-0.25, -0.2) is 0 Å². The normalized spacial score (nSPS) is 22.5. The summed E-state index contributed by atoms with van der Waals surface area (Å²) in [6.45, 7) is 9.27. The van der Waals surface area contributed by atoms with Gasteiger partial charge >= 0.3 is 5.69 Å². The van der Waals surface area contributed by atoms with Gasteiger partial charge in [0.25, 0.3) is 0 Å². The lowest BCUT2D eigenvalue weighted by molar-refractivity contribution is -0.914. The molecule has 2 aromatic rings. The molecule has 31 heavy (non-hydrogen) atoms. The van der Waals surface area contributed by atoms with Gasteiger partial charge in [-0.3, -0.25) is 10.1 Å². The third kappa shape index (κ3) is 4.86. The Morgan fingerprint density at radius 1 is 1.13 bits per heavy atom. The highest BCUT2D eigenvalue weighted by Crippen LogP contribution is 2.33. The molecule has 1 aromatic heterocycles. The average Bonchev–Trinajstić information content (AvgIpc) is 2.73. The molecule has 166 valence electrons. The number of aromatic nitrogens is 2. The number of nitrogens with zero attached hydrogens (tertiary/aromatic N) is 5. The number of nitrogens with two attached hydrogens (primary N) is 1. The number of hydrogen-bond acceptors (Lipinski definition) is 8. The van der Waals surface area contributed by atoms with Gasteiger partial charge in [0.15, 0.2) is 0 Å². The van der Waals surface area contributed by atoms with Crippen LogP contribution in [0.15, 0.2) is 30.3 Å². The molecule has 2 aliphatic rings. The van der Waals surface area contributed by atoms with E-state index in [9.17, 15) is 10.1 Å². The molecule has 0 unspecified atom stereocenters. The Balaban J connectivity index is 1.54. The van der Waals surface area contributed by atoms with E-state index >= 15 is 0 Å². The number of anilines is 3. The van der Waals surface area contributed by atoms with E-state index < -0.39 is 4.92 Å². The zero-order chi connectivity index (χ0) is 22.0. The van der Waals surface area contributed by atoms with Crippen molar-refractivity contribution in [3.63, 3.8) is 0 Å². The molecule has 3 heterocycles. The van der Waals surface area contributed by atoms with E-state index in [1.807, 2.05) is 41.8 Å². The van der Waals surface area contributed by atoms with Crippen molar-refractivity contribution in [2.45, 2.75) is 32.6 Å². The van der Waals surface area contributed by atoms with Crippen LogP contribution in [0.3, 0.4) is 0 Å². The van der Waals surface area contributed by atoms with Gasteiger partial charge in [0.1, 0.15) is 6.54 Å². The predicted octanol–water partition coefficient (Wildman–Crippen LogP) is 0.486. The summed E-state index contributed by atoms with van der Waals surface area (Å²) in [6.07, 6.45) is 0.0506. The zero-order valence-electron chi connectivity index (χ0n) is 18.0. The molecule has 2 saturated heterocycles. The highest BCUT2D eigenvalue weighted by molar-refractivity contribution is 5.71. The number of benzene rings is 1. The molecular formula is C21H30N7O3+. The molecule has 2 atom stereocenters. The van der Waals surface area contributed by atoms with Crippen LogP contribution in [0.4, 0.5) is 23.3 Å². The van der Waals surface area contributed by atoms with Crippen LogP contribution >= 0.6 is 0 Å². The van der Waals surface area contributed by atoms with Crippen molar-refractivity contribution in [3.8, 4) is 0 Å². The van der Waals surface area contributed by atoms with Crippen molar-refractivity contribution in [2.75, 3.05) is 54.8 Å². The maximum Gasteiger partial charge on any atom is 0.353 e. The van der Waals surface area contributed by atoms with Crippen molar-refractivity contribution in [1.29, 1.82) is 0 Å². The van der Waals surface area contributed by atoms with Crippen LogP contribution in [0.25, 0.3) is 0 Å². The van der Waals surface area contributed by atoms with Gasteiger partial charge < -0.3 is 25.2 Å². The summed E-state index contributed by atoms with van der Waals surface area (Å²) in [5.74, 6) is 0.660. The van der Waals surface area contributed by atoms with Crippen molar-refractivity contribution >= 4 is 23.3 Å². The van der Waals surface area contributed by atoms with E-state index in [-0.39, 0.29) is 23.7 Å². The monoisotopic (exact) mass is 428 g/mol. The number of nitrogen functional groups attached to an aromatic ring is 1. The smallest absolute Gasteiger partial charge is 0.353 e.